The summed E-state index contributed by atoms with van der Waals surface area (Å²) in [5.41, 5.74) is -0.384. The van der Waals surface area contributed by atoms with E-state index in [0.29, 0.717) is 19.7 Å². The van der Waals surface area contributed by atoms with Crippen LogP contribution >= 0.6 is 0 Å². The first-order valence-corrected chi connectivity index (χ1v) is 6.89. The van der Waals surface area contributed by atoms with Crippen molar-refractivity contribution in [2.24, 2.45) is 11.3 Å². The monoisotopic (exact) mass is 233 g/mol. The van der Waals surface area contributed by atoms with Crippen LogP contribution in [0.5, 0.6) is 0 Å². The van der Waals surface area contributed by atoms with E-state index in [0.717, 1.165) is 0 Å². The molecule has 15 heavy (non-hydrogen) atoms. The Morgan fingerprint density at radius 3 is 2.73 bits per heavy atom. The molecule has 2 aliphatic rings. The van der Waals surface area contributed by atoms with Crippen LogP contribution < -0.4 is 5.32 Å². The molecule has 1 spiro atoms. The summed E-state index contributed by atoms with van der Waals surface area (Å²) in [4.78, 5) is 11.6. The van der Waals surface area contributed by atoms with Gasteiger partial charge in [-0.25, -0.2) is 8.42 Å². The van der Waals surface area contributed by atoms with Crippen LogP contribution in [-0.2, 0) is 19.4 Å². The van der Waals surface area contributed by atoms with Gasteiger partial charge in [-0.15, -0.1) is 0 Å². The molecule has 2 rings (SSSR count). The van der Waals surface area contributed by atoms with Gasteiger partial charge in [0.2, 0.25) is 0 Å². The van der Waals surface area contributed by atoms with Crippen LogP contribution in [0.3, 0.4) is 0 Å². The number of hydrogen-bond acceptors (Lipinski definition) is 5. The van der Waals surface area contributed by atoms with Crippen molar-refractivity contribution in [1.29, 1.82) is 0 Å². The molecule has 86 valence electrons. The molecule has 1 N–H and O–H groups in total. The molecule has 0 aromatic rings. The van der Waals surface area contributed by atoms with Gasteiger partial charge in [-0.2, -0.15) is 0 Å². The molecule has 0 aliphatic carbocycles. The Kier molecular flexibility index (Phi) is 2.50. The largest absolute Gasteiger partial charge is 0.466 e. The highest BCUT2D eigenvalue weighted by atomic mass is 32.2. The average molecular weight is 233 g/mol. The van der Waals surface area contributed by atoms with Crippen molar-refractivity contribution in [3.05, 3.63) is 0 Å². The minimum atomic E-state index is -2.90. The fourth-order valence-electron chi connectivity index (χ4n) is 2.52. The van der Waals surface area contributed by atoms with E-state index < -0.39 is 9.84 Å². The van der Waals surface area contributed by atoms with E-state index in [4.69, 9.17) is 4.74 Å². The van der Waals surface area contributed by atoms with E-state index in [1.54, 1.807) is 6.92 Å². The van der Waals surface area contributed by atoms with E-state index in [1.807, 2.05) is 0 Å². The molecule has 2 fully saturated rings. The molecule has 1 unspecified atom stereocenters. The van der Waals surface area contributed by atoms with Gasteiger partial charge in [0.1, 0.15) is 0 Å². The van der Waals surface area contributed by atoms with Gasteiger partial charge in [0.15, 0.2) is 9.84 Å². The maximum absolute atomic E-state index is 11.6. The lowest BCUT2D eigenvalue weighted by atomic mass is 9.81. The molecule has 0 radical (unpaired) electrons. The van der Waals surface area contributed by atoms with E-state index >= 15 is 0 Å². The average Bonchev–Trinajstić information content (AvgIpc) is 2.46. The van der Waals surface area contributed by atoms with Crippen LogP contribution in [0.25, 0.3) is 0 Å². The molecule has 0 aromatic carbocycles. The summed E-state index contributed by atoms with van der Waals surface area (Å²) in [7, 11) is -2.90. The zero-order chi connectivity index (χ0) is 11.1. The predicted molar refractivity (Wildman–Crippen MR) is 54.1 cm³/mol. The molecule has 2 aliphatic heterocycles. The van der Waals surface area contributed by atoms with Gasteiger partial charge < -0.3 is 10.1 Å². The second-order valence-electron chi connectivity index (χ2n) is 4.33. The van der Waals surface area contributed by atoms with E-state index in [2.05, 4.69) is 5.32 Å². The predicted octanol–water partition coefficient (Wildman–Crippen LogP) is -0.816. The fraction of sp³-hybridized carbons (Fsp3) is 0.889. The number of ether oxygens (including phenoxy) is 1. The minimum absolute atomic E-state index is 0.122. The summed E-state index contributed by atoms with van der Waals surface area (Å²) < 4.78 is 27.3. The lowest BCUT2D eigenvalue weighted by molar-refractivity contribution is -0.150. The first-order chi connectivity index (χ1) is 6.99. The molecule has 0 amide bonds. The number of carbonyl (C=O) groups excluding carboxylic acids is 1. The van der Waals surface area contributed by atoms with Gasteiger partial charge >= 0.3 is 5.97 Å². The Hall–Kier alpha value is -0.620. The number of esters is 1. The number of carbonyl (C=O) groups is 1. The van der Waals surface area contributed by atoms with Crippen molar-refractivity contribution in [3.63, 3.8) is 0 Å². The van der Waals surface area contributed by atoms with Crippen LogP contribution in [-0.4, -0.2) is 45.6 Å². The van der Waals surface area contributed by atoms with Crippen LogP contribution in [0.1, 0.15) is 6.92 Å². The first kappa shape index (κ1) is 10.9. The van der Waals surface area contributed by atoms with Crippen LogP contribution in [0, 0.1) is 11.3 Å². The normalized spacial score (nSPS) is 31.1. The third-order valence-corrected chi connectivity index (χ3v) is 5.18. The zero-order valence-corrected chi connectivity index (χ0v) is 9.47. The van der Waals surface area contributed by atoms with Crippen LogP contribution in [0.4, 0.5) is 0 Å². The van der Waals surface area contributed by atoms with Crippen molar-refractivity contribution in [3.8, 4) is 0 Å². The number of rotatable bonds is 2. The Morgan fingerprint density at radius 1 is 1.53 bits per heavy atom. The fourth-order valence-corrected chi connectivity index (χ4v) is 4.79. The van der Waals surface area contributed by atoms with E-state index in [1.165, 1.54) is 0 Å². The molecule has 2 saturated heterocycles. The maximum atomic E-state index is 11.6. The summed E-state index contributed by atoms with van der Waals surface area (Å²) >= 11 is 0. The molecule has 0 aromatic heterocycles. The molecule has 6 heteroatoms. The van der Waals surface area contributed by atoms with Gasteiger partial charge in [-0.05, 0) is 6.92 Å². The minimum Gasteiger partial charge on any atom is -0.466 e. The first-order valence-electron chi connectivity index (χ1n) is 5.07. The third-order valence-electron chi connectivity index (χ3n) is 3.15. The lowest BCUT2D eigenvalue weighted by Crippen LogP contribution is -2.55. The highest BCUT2D eigenvalue weighted by Gasteiger charge is 2.58. The summed E-state index contributed by atoms with van der Waals surface area (Å²) in [6, 6.07) is 0. The van der Waals surface area contributed by atoms with Crippen molar-refractivity contribution in [2.75, 3.05) is 31.2 Å². The Labute approximate surface area is 89.1 Å². The molecule has 0 bridgehead atoms. The van der Waals surface area contributed by atoms with Gasteiger partial charge in [0.25, 0.3) is 0 Å². The number of hydrogen-bond donors (Lipinski definition) is 1. The SMILES string of the molecule is CCOC(=O)C1CNCC12CS(=O)(=O)C2. The van der Waals surface area contributed by atoms with Gasteiger partial charge in [0, 0.05) is 18.5 Å². The highest BCUT2D eigenvalue weighted by Crippen LogP contribution is 2.42. The van der Waals surface area contributed by atoms with Crippen molar-refractivity contribution >= 4 is 15.8 Å². The summed E-state index contributed by atoms with van der Waals surface area (Å²) in [6.07, 6.45) is 0. The van der Waals surface area contributed by atoms with Crippen molar-refractivity contribution in [1.82, 2.24) is 5.32 Å². The smallest absolute Gasteiger partial charge is 0.310 e. The molecule has 5 nitrogen and oxygen atoms in total. The summed E-state index contributed by atoms with van der Waals surface area (Å²) in [6.45, 7) is 3.24. The van der Waals surface area contributed by atoms with Crippen molar-refractivity contribution in [2.45, 2.75) is 6.92 Å². The summed E-state index contributed by atoms with van der Waals surface area (Å²) in [5, 5.41) is 3.08. The van der Waals surface area contributed by atoms with Gasteiger partial charge in [0.05, 0.1) is 24.0 Å². The summed E-state index contributed by atoms with van der Waals surface area (Å²) in [5.74, 6) is -0.314. The second kappa shape index (κ2) is 3.45. The quantitative estimate of drug-likeness (QED) is 0.631. The van der Waals surface area contributed by atoms with Crippen LogP contribution in [0.2, 0.25) is 0 Å². The maximum Gasteiger partial charge on any atom is 0.310 e. The lowest BCUT2D eigenvalue weighted by Gasteiger charge is -2.40. The topological polar surface area (TPSA) is 72.5 Å². The van der Waals surface area contributed by atoms with Crippen molar-refractivity contribution < 1.29 is 17.9 Å². The Morgan fingerprint density at radius 2 is 2.20 bits per heavy atom. The Bertz CT molecular complexity index is 364. The number of nitrogens with one attached hydrogen (secondary N) is 1. The zero-order valence-electron chi connectivity index (χ0n) is 8.65. The molecular weight excluding hydrogens is 218 g/mol. The standard InChI is InChI=1S/C9H15NO4S/c1-2-14-8(11)7-3-10-4-9(7)5-15(12,13)6-9/h7,10H,2-6H2,1H3. The molecular formula is C9H15NO4S. The third kappa shape index (κ3) is 1.76. The van der Waals surface area contributed by atoms with E-state index in [-0.39, 0.29) is 28.8 Å². The highest BCUT2D eigenvalue weighted by molar-refractivity contribution is 7.92. The molecule has 2 heterocycles. The molecule has 1 atom stereocenters. The Balaban J connectivity index is 2.10. The van der Waals surface area contributed by atoms with Gasteiger partial charge in [-0.1, -0.05) is 0 Å². The van der Waals surface area contributed by atoms with Gasteiger partial charge in [-0.3, -0.25) is 4.79 Å². The second-order valence-corrected chi connectivity index (χ2v) is 6.39. The molecule has 0 saturated carbocycles. The van der Waals surface area contributed by atoms with Crippen LogP contribution in [0.15, 0.2) is 0 Å². The number of sulfone groups is 1. The van der Waals surface area contributed by atoms with E-state index in [9.17, 15) is 13.2 Å².